The van der Waals surface area contributed by atoms with E-state index in [1.807, 2.05) is 39.0 Å². The van der Waals surface area contributed by atoms with Gasteiger partial charge in [-0.3, -0.25) is 0 Å². The van der Waals surface area contributed by atoms with E-state index in [9.17, 15) is 9.90 Å². The SMILES string of the molecule is COc1ccc(-n2nnc(C(=O)O)c2C(C)C)cc1C. The van der Waals surface area contributed by atoms with Gasteiger partial charge in [0.25, 0.3) is 0 Å². The summed E-state index contributed by atoms with van der Waals surface area (Å²) in [4.78, 5) is 11.2. The fourth-order valence-electron chi connectivity index (χ4n) is 2.14. The summed E-state index contributed by atoms with van der Waals surface area (Å²) in [6.07, 6.45) is 0. The summed E-state index contributed by atoms with van der Waals surface area (Å²) in [6.45, 7) is 5.75. The van der Waals surface area contributed by atoms with Crippen LogP contribution in [0.15, 0.2) is 18.2 Å². The topological polar surface area (TPSA) is 77.2 Å². The molecule has 6 nitrogen and oxygen atoms in total. The smallest absolute Gasteiger partial charge is 0.358 e. The van der Waals surface area contributed by atoms with Gasteiger partial charge in [0, 0.05) is 0 Å². The Hall–Kier alpha value is -2.37. The van der Waals surface area contributed by atoms with Gasteiger partial charge >= 0.3 is 5.97 Å². The minimum atomic E-state index is -1.06. The van der Waals surface area contributed by atoms with Crippen molar-refractivity contribution in [3.63, 3.8) is 0 Å². The summed E-state index contributed by atoms with van der Waals surface area (Å²) < 4.78 is 6.79. The molecule has 2 rings (SSSR count). The van der Waals surface area contributed by atoms with Crippen molar-refractivity contribution < 1.29 is 14.6 Å². The molecular weight excluding hydrogens is 258 g/mol. The summed E-state index contributed by atoms with van der Waals surface area (Å²) in [7, 11) is 1.61. The van der Waals surface area contributed by atoms with Gasteiger partial charge in [0.05, 0.1) is 18.5 Å². The maximum Gasteiger partial charge on any atom is 0.358 e. The van der Waals surface area contributed by atoms with Crippen LogP contribution >= 0.6 is 0 Å². The second kappa shape index (κ2) is 5.32. The Kier molecular flexibility index (Phi) is 3.74. The van der Waals surface area contributed by atoms with E-state index in [0.29, 0.717) is 5.69 Å². The second-order valence-electron chi connectivity index (χ2n) is 4.85. The lowest BCUT2D eigenvalue weighted by atomic mass is 10.1. The van der Waals surface area contributed by atoms with Crippen LogP contribution in [-0.4, -0.2) is 33.2 Å². The Morgan fingerprint density at radius 2 is 2.10 bits per heavy atom. The summed E-state index contributed by atoms with van der Waals surface area (Å²) in [5, 5.41) is 16.9. The van der Waals surface area contributed by atoms with Crippen LogP contribution in [-0.2, 0) is 0 Å². The van der Waals surface area contributed by atoms with Crippen LogP contribution in [0.2, 0.25) is 0 Å². The van der Waals surface area contributed by atoms with Gasteiger partial charge in [0.1, 0.15) is 5.75 Å². The molecular formula is C14H17N3O3. The molecule has 1 N–H and O–H groups in total. The first kappa shape index (κ1) is 14.0. The molecule has 0 saturated heterocycles. The number of hydrogen-bond acceptors (Lipinski definition) is 4. The number of aromatic nitrogens is 3. The molecule has 0 spiro atoms. The highest BCUT2D eigenvalue weighted by Crippen LogP contribution is 2.25. The van der Waals surface area contributed by atoms with E-state index in [0.717, 1.165) is 17.0 Å². The van der Waals surface area contributed by atoms with Gasteiger partial charge in [0.2, 0.25) is 0 Å². The third-order valence-electron chi connectivity index (χ3n) is 3.08. The predicted octanol–water partition coefficient (Wildman–Crippen LogP) is 2.41. The van der Waals surface area contributed by atoms with Crippen molar-refractivity contribution >= 4 is 5.97 Å². The standard InChI is InChI=1S/C14H17N3O3/c1-8(2)13-12(14(18)19)15-16-17(13)10-5-6-11(20-4)9(3)7-10/h5-8H,1-4H3,(H,18,19). The fourth-order valence-corrected chi connectivity index (χ4v) is 2.14. The summed E-state index contributed by atoms with van der Waals surface area (Å²) >= 11 is 0. The van der Waals surface area contributed by atoms with Crippen molar-refractivity contribution in [3.8, 4) is 11.4 Å². The zero-order valence-electron chi connectivity index (χ0n) is 11.9. The van der Waals surface area contributed by atoms with Crippen molar-refractivity contribution in [1.82, 2.24) is 15.0 Å². The molecule has 0 aliphatic heterocycles. The van der Waals surface area contributed by atoms with E-state index < -0.39 is 5.97 Å². The highest BCUT2D eigenvalue weighted by molar-refractivity contribution is 5.86. The average Bonchev–Trinajstić information content (AvgIpc) is 2.83. The van der Waals surface area contributed by atoms with Crippen LogP contribution < -0.4 is 4.74 Å². The van der Waals surface area contributed by atoms with Crippen molar-refractivity contribution in [1.29, 1.82) is 0 Å². The third-order valence-corrected chi connectivity index (χ3v) is 3.08. The Bertz CT molecular complexity index is 647. The molecule has 20 heavy (non-hydrogen) atoms. The Morgan fingerprint density at radius 3 is 2.60 bits per heavy atom. The molecule has 1 aromatic heterocycles. The first-order valence-corrected chi connectivity index (χ1v) is 6.29. The molecule has 6 heteroatoms. The van der Waals surface area contributed by atoms with Crippen LogP contribution in [0.25, 0.3) is 5.69 Å². The summed E-state index contributed by atoms with van der Waals surface area (Å²) in [6, 6.07) is 5.56. The van der Waals surface area contributed by atoms with Crippen molar-refractivity contribution in [2.24, 2.45) is 0 Å². The number of carbonyl (C=O) groups is 1. The highest BCUT2D eigenvalue weighted by Gasteiger charge is 2.22. The molecule has 0 aliphatic carbocycles. The van der Waals surface area contributed by atoms with Crippen molar-refractivity contribution in [2.45, 2.75) is 26.7 Å². The number of carboxylic acids is 1. The predicted molar refractivity (Wildman–Crippen MR) is 73.7 cm³/mol. The van der Waals surface area contributed by atoms with E-state index in [-0.39, 0.29) is 11.6 Å². The minimum Gasteiger partial charge on any atom is -0.496 e. The van der Waals surface area contributed by atoms with Crippen LogP contribution in [0.5, 0.6) is 5.75 Å². The summed E-state index contributed by atoms with van der Waals surface area (Å²) in [5.74, 6) is -0.290. The van der Waals surface area contributed by atoms with Gasteiger partial charge in [-0.05, 0) is 36.6 Å². The Morgan fingerprint density at radius 1 is 1.40 bits per heavy atom. The van der Waals surface area contributed by atoms with Gasteiger partial charge in [0.15, 0.2) is 5.69 Å². The number of nitrogens with zero attached hydrogens (tertiary/aromatic N) is 3. The fraction of sp³-hybridized carbons (Fsp3) is 0.357. The lowest BCUT2D eigenvalue weighted by Gasteiger charge is -2.12. The molecule has 106 valence electrons. The van der Waals surface area contributed by atoms with Gasteiger partial charge in [-0.2, -0.15) is 0 Å². The molecule has 1 aromatic carbocycles. The van der Waals surface area contributed by atoms with Gasteiger partial charge < -0.3 is 9.84 Å². The van der Waals surface area contributed by atoms with Crippen molar-refractivity contribution in [2.75, 3.05) is 7.11 Å². The normalized spacial score (nSPS) is 10.8. The van der Waals surface area contributed by atoms with Crippen molar-refractivity contribution in [3.05, 3.63) is 35.2 Å². The number of rotatable bonds is 4. The first-order chi connectivity index (χ1) is 9.45. The maximum absolute atomic E-state index is 11.2. The van der Waals surface area contributed by atoms with E-state index in [1.54, 1.807) is 11.8 Å². The number of ether oxygens (including phenoxy) is 1. The van der Waals surface area contributed by atoms with E-state index >= 15 is 0 Å². The Labute approximate surface area is 117 Å². The molecule has 0 amide bonds. The molecule has 2 aromatic rings. The molecule has 1 heterocycles. The molecule has 0 atom stereocenters. The largest absolute Gasteiger partial charge is 0.496 e. The van der Waals surface area contributed by atoms with E-state index in [1.165, 1.54) is 0 Å². The van der Waals surface area contributed by atoms with E-state index in [4.69, 9.17) is 4.74 Å². The number of aryl methyl sites for hydroxylation is 1. The number of aromatic carboxylic acids is 1. The van der Waals surface area contributed by atoms with E-state index in [2.05, 4.69) is 10.3 Å². The highest BCUT2D eigenvalue weighted by atomic mass is 16.5. The van der Waals surface area contributed by atoms with Crippen LogP contribution in [0, 0.1) is 6.92 Å². The van der Waals surface area contributed by atoms with Crippen LogP contribution in [0.3, 0.4) is 0 Å². The molecule has 0 fully saturated rings. The molecule has 0 aliphatic rings. The number of benzene rings is 1. The number of methoxy groups -OCH3 is 1. The zero-order valence-corrected chi connectivity index (χ0v) is 11.9. The molecule has 0 saturated carbocycles. The third kappa shape index (κ3) is 2.36. The Balaban J connectivity index is 2.58. The zero-order chi connectivity index (χ0) is 14.9. The second-order valence-corrected chi connectivity index (χ2v) is 4.85. The minimum absolute atomic E-state index is 0.00138. The van der Waals surface area contributed by atoms with Gasteiger partial charge in [-0.15, -0.1) is 5.10 Å². The monoisotopic (exact) mass is 275 g/mol. The lowest BCUT2D eigenvalue weighted by Crippen LogP contribution is -2.08. The molecule has 0 unspecified atom stereocenters. The molecule has 0 bridgehead atoms. The lowest BCUT2D eigenvalue weighted by molar-refractivity contribution is 0.0688. The molecule has 0 radical (unpaired) electrons. The van der Waals surface area contributed by atoms with Crippen LogP contribution in [0.4, 0.5) is 0 Å². The van der Waals surface area contributed by atoms with Gasteiger partial charge in [-0.25, -0.2) is 9.48 Å². The quantitative estimate of drug-likeness (QED) is 0.927. The van der Waals surface area contributed by atoms with Crippen LogP contribution in [0.1, 0.15) is 41.5 Å². The number of carboxylic acid groups (broad SMARTS) is 1. The number of hydrogen-bond donors (Lipinski definition) is 1. The summed E-state index contributed by atoms with van der Waals surface area (Å²) in [5.41, 5.74) is 2.30. The maximum atomic E-state index is 11.2. The average molecular weight is 275 g/mol. The van der Waals surface area contributed by atoms with Gasteiger partial charge in [-0.1, -0.05) is 19.1 Å². The first-order valence-electron chi connectivity index (χ1n) is 6.29.